The Labute approximate surface area is 73.7 Å². The van der Waals surface area contributed by atoms with Gasteiger partial charge in [-0.2, -0.15) is 0 Å². The standard InChI is InChI=1S/C5H5Cl3O2/c1-10-5(9)3(6)2-4(7)8/h2-3H,1H3. The van der Waals surface area contributed by atoms with E-state index in [2.05, 4.69) is 4.74 Å². The fourth-order valence-electron chi connectivity index (χ4n) is 0.291. The molecule has 0 spiro atoms. The Morgan fingerprint density at radius 2 is 2.10 bits per heavy atom. The summed E-state index contributed by atoms with van der Waals surface area (Å²) in [5, 5.41) is -0.907. The maximum atomic E-state index is 10.5. The Kier molecular flexibility index (Phi) is 4.87. The molecule has 0 aromatic rings. The first-order valence-corrected chi connectivity index (χ1v) is 3.52. The molecule has 0 N–H and O–H groups in total. The van der Waals surface area contributed by atoms with Gasteiger partial charge in [0.1, 0.15) is 4.49 Å². The third-order valence-electron chi connectivity index (χ3n) is 0.699. The zero-order chi connectivity index (χ0) is 8.15. The molecule has 0 aliphatic carbocycles. The monoisotopic (exact) mass is 202 g/mol. The van der Waals surface area contributed by atoms with Gasteiger partial charge in [-0.25, -0.2) is 0 Å². The molecule has 0 saturated heterocycles. The van der Waals surface area contributed by atoms with Crippen molar-refractivity contribution in [1.82, 2.24) is 0 Å². The van der Waals surface area contributed by atoms with Gasteiger partial charge in [-0.1, -0.05) is 23.2 Å². The Hall–Kier alpha value is 0.0800. The van der Waals surface area contributed by atoms with E-state index < -0.39 is 11.3 Å². The SMILES string of the molecule is COC(=O)C(Cl)C=C(Cl)Cl. The molecule has 0 aromatic heterocycles. The quantitative estimate of drug-likeness (QED) is 0.507. The highest BCUT2D eigenvalue weighted by molar-refractivity contribution is 6.56. The van der Waals surface area contributed by atoms with Gasteiger partial charge in [-0.05, 0) is 6.08 Å². The number of rotatable bonds is 2. The Bertz CT molecular complexity index is 151. The summed E-state index contributed by atoms with van der Waals surface area (Å²) in [4.78, 5) is 10.5. The van der Waals surface area contributed by atoms with Crippen LogP contribution in [-0.4, -0.2) is 18.5 Å². The lowest BCUT2D eigenvalue weighted by molar-refractivity contribution is -0.139. The molecule has 0 fully saturated rings. The molecular weight excluding hydrogens is 198 g/mol. The van der Waals surface area contributed by atoms with Crippen LogP contribution in [0, 0.1) is 0 Å². The average molecular weight is 203 g/mol. The molecule has 0 heterocycles. The molecule has 5 heteroatoms. The van der Waals surface area contributed by atoms with Crippen molar-refractivity contribution in [3.63, 3.8) is 0 Å². The van der Waals surface area contributed by atoms with Gasteiger partial charge in [0.05, 0.1) is 7.11 Å². The highest BCUT2D eigenvalue weighted by Gasteiger charge is 2.12. The summed E-state index contributed by atoms with van der Waals surface area (Å²) in [6, 6.07) is 0. The predicted molar refractivity (Wildman–Crippen MR) is 41.4 cm³/mol. The summed E-state index contributed by atoms with van der Waals surface area (Å²) in [6.45, 7) is 0. The largest absolute Gasteiger partial charge is 0.468 e. The average Bonchev–Trinajstić information content (AvgIpc) is 1.85. The lowest BCUT2D eigenvalue weighted by Crippen LogP contribution is -2.13. The van der Waals surface area contributed by atoms with Crippen molar-refractivity contribution < 1.29 is 9.53 Å². The van der Waals surface area contributed by atoms with Crippen molar-refractivity contribution in [2.45, 2.75) is 5.38 Å². The van der Waals surface area contributed by atoms with Gasteiger partial charge < -0.3 is 4.74 Å². The Morgan fingerprint density at radius 1 is 1.60 bits per heavy atom. The van der Waals surface area contributed by atoms with Crippen molar-refractivity contribution in [2.75, 3.05) is 7.11 Å². The van der Waals surface area contributed by atoms with Gasteiger partial charge in [0.25, 0.3) is 0 Å². The van der Waals surface area contributed by atoms with E-state index in [0.717, 1.165) is 0 Å². The number of halogens is 3. The highest BCUT2D eigenvalue weighted by atomic mass is 35.5. The zero-order valence-electron chi connectivity index (χ0n) is 5.11. The number of carbonyl (C=O) groups excluding carboxylic acids is 1. The second kappa shape index (κ2) is 4.83. The smallest absolute Gasteiger partial charge is 0.327 e. The van der Waals surface area contributed by atoms with Gasteiger partial charge in [0.15, 0.2) is 5.38 Å². The van der Waals surface area contributed by atoms with Crippen molar-refractivity contribution in [3.8, 4) is 0 Å². The van der Waals surface area contributed by atoms with E-state index in [1.807, 2.05) is 0 Å². The van der Waals surface area contributed by atoms with E-state index in [1.165, 1.54) is 13.2 Å². The van der Waals surface area contributed by atoms with Gasteiger partial charge in [0, 0.05) is 0 Å². The fraction of sp³-hybridized carbons (Fsp3) is 0.400. The number of methoxy groups -OCH3 is 1. The molecule has 0 bridgehead atoms. The number of hydrogen-bond acceptors (Lipinski definition) is 2. The van der Waals surface area contributed by atoms with Crippen LogP contribution in [0.1, 0.15) is 0 Å². The number of esters is 1. The van der Waals surface area contributed by atoms with Gasteiger partial charge in [-0.15, -0.1) is 11.6 Å². The first kappa shape index (κ1) is 10.1. The van der Waals surface area contributed by atoms with E-state index in [0.29, 0.717) is 0 Å². The van der Waals surface area contributed by atoms with E-state index in [9.17, 15) is 4.79 Å². The molecule has 58 valence electrons. The van der Waals surface area contributed by atoms with Crippen LogP contribution in [0.2, 0.25) is 0 Å². The van der Waals surface area contributed by atoms with Crippen LogP contribution in [0.4, 0.5) is 0 Å². The van der Waals surface area contributed by atoms with E-state index >= 15 is 0 Å². The minimum atomic E-state index is -0.907. The van der Waals surface area contributed by atoms with Crippen molar-refractivity contribution >= 4 is 40.8 Å². The van der Waals surface area contributed by atoms with Crippen LogP contribution in [0.25, 0.3) is 0 Å². The summed E-state index contributed by atoms with van der Waals surface area (Å²) in [6.07, 6.45) is 1.18. The number of hydrogen-bond donors (Lipinski definition) is 0. The van der Waals surface area contributed by atoms with Crippen LogP contribution in [-0.2, 0) is 9.53 Å². The number of carbonyl (C=O) groups is 1. The first-order chi connectivity index (χ1) is 4.57. The maximum Gasteiger partial charge on any atom is 0.327 e. The molecule has 2 nitrogen and oxygen atoms in total. The van der Waals surface area contributed by atoms with E-state index in [1.54, 1.807) is 0 Å². The lowest BCUT2D eigenvalue weighted by atomic mass is 10.4. The van der Waals surface area contributed by atoms with Crippen LogP contribution >= 0.6 is 34.8 Å². The van der Waals surface area contributed by atoms with Gasteiger partial charge in [0.2, 0.25) is 0 Å². The molecule has 10 heavy (non-hydrogen) atoms. The highest BCUT2D eigenvalue weighted by Crippen LogP contribution is 2.11. The molecule has 0 aliphatic heterocycles. The number of alkyl halides is 1. The molecule has 1 unspecified atom stereocenters. The third-order valence-corrected chi connectivity index (χ3v) is 1.25. The third kappa shape index (κ3) is 3.99. The molecule has 0 aliphatic rings. The fourth-order valence-corrected chi connectivity index (χ4v) is 0.887. The second-order valence-electron chi connectivity index (χ2n) is 1.38. The van der Waals surface area contributed by atoms with Gasteiger partial charge >= 0.3 is 5.97 Å². The van der Waals surface area contributed by atoms with E-state index in [-0.39, 0.29) is 4.49 Å². The van der Waals surface area contributed by atoms with Crippen LogP contribution in [0.3, 0.4) is 0 Å². The number of ether oxygens (including phenoxy) is 1. The molecule has 0 rings (SSSR count). The van der Waals surface area contributed by atoms with Crippen LogP contribution in [0.15, 0.2) is 10.6 Å². The topological polar surface area (TPSA) is 26.3 Å². The first-order valence-electron chi connectivity index (χ1n) is 2.32. The normalized spacial score (nSPS) is 12.0. The minimum Gasteiger partial charge on any atom is -0.468 e. The second-order valence-corrected chi connectivity index (χ2v) is 2.86. The zero-order valence-corrected chi connectivity index (χ0v) is 7.37. The summed E-state index contributed by atoms with van der Waals surface area (Å²) < 4.78 is 4.23. The van der Waals surface area contributed by atoms with Crippen molar-refractivity contribution in [1.29, 1.82) is 0 Å². The summed E-state index contributed by atoms with van der Waals surface area (Å²) in [7, 11) is 1.23. The van der Waals surface area contributed by atoms with Gasteiger partial charge in [-0.3, -0.25) is 4.79 Å². The van der Waals surface area contributed by atoms with Crippen molar-refractivity contribution in [3.05, 3.63) is 10.6 Å². The van der Waals surface area contributed by atoms with Crippen molar-refractivity contribution in [2.24, 2.45) is 0 Å². The molecular formula is C5H5Cl3O2. The Morgan fingerprint density at radius 3 is 2.40 bits per heavy atom. The predicted octanol–water partition coefficient (Wildman–Crippen LogP) is 2.09. The van der Waals surface area contributed by atoms with E-state index in [4.69, 9.17) is 34.8 Å². The summed E-state index contributed by atoms with van der Waals surface area (Å²) >= 11 is 15.8. The maximum absolute atomic E-state index is 10.5. The van der Waals surface area contributed by atoms with Crippen LogP contribution < -0.4 is 0 Å². The molecule has 1 atom stereocenters. The molecule has 0 aromatic carbocycles. The molecule has 0 amide bonds. The van der Waals surface area contributed by atoms with Crippen LogP contribution in [0.5, 0.6) is 0 Å². The Balaban J connectivity index is 3.96. The summed E-state index contributed by atoms with van der Waals surface area (Å²) in [5.41, 5.74) is 0. The summed E-state index contributed by atoms with van der Waals surface area (Å²) in [5.74, 6) is -0.583. The molecule has 0 radical (unpaired) electrons. The minimum absolute atomic E-state index is 0.0506. The lowest BCUT2D eigenvalue weighted by Gasteiger charge is -1.99. The molecule has 0 saturated carbocycles.